The molecule has 2 aromatic carbocycles. The maximum absolute atomic E-state index is 14.0. The van der Waals surface area contributed by atoms with Crippen molar-refractivity contribution in [2.45, 2.75) is 13.1 Å². The molecular formula is C17H11F4N3O2. The number of carbonyl (C=O) groups excluding carboxylic acids is 2. The van der Waals surface area contributed by atoms with E-state index >= 15 is 0 Å². The first-order valence-corrected chi connectivity index (χ1v) is 7.04. The molecule has 0 unspecified atom stereocenters. The Labute approximate surface area is 145 Å². The highest BCUT2D eigenvalue weighted by Crippen LogP contribution is 2.40. The first kappa shape index (κ1) is 18.9. The predicted molar refractivity (Wildman–Crippen MR) is 85.9 cm³/mol. The third kappa shape index (κ3) is 3.80. The minimum Gasteiger partial charge on any atom is -0.366 e. The third-order valence-corrected chi connectivity index (χ3v) is 3.42. The number of rotatable bonds is 3. The molecule has 2 rings (SSSR count). The molecule has 0 saturated carbocycles. The number of primary amides is 1. The molecule has 0 heterocycles. The lowest BCUT2D eigenvalue weighted by Gasteiger charge is -2.14. The average Bonchev–Trinajstić information content (AvgIpc) is 2.54. The summed E-state index contributed by atoms with van der Waals surface area (Å²) in [6, 6.07) is 4.55. The molecule has 3 N–H and O–H groups in total. The molecule has 0 radical (unpaired) electrons. The Morgan fingerprint density at radius 2 is 1.85 bits per heavy atom. The molecule has 2 amide bonds. The molecule has 0 aliphatic carbocycles. The van der Waals surface area contributed by atoms with Crippen LogP contribution in [0.25, 0.3) is 16.0 Å². The number of amides is 2. The number of hydrogen-bond donors (Lipinski definition) is 2. The first-order valence-electron chi connectivity index (χ1n) is 7.04. The van der Waals surface area contributed by atoms with Crippen molar-refractivity contribution in [3.63, 3.8) is 0 Å². The summed E-state index contributed by atoms with van der Waals surface area (Å²) in [6.07, 6.45) is -4.80. The lowest BCUT2D eigenvalue weighted by Crippen LogP contribution is -2.15. The van der Waals surface area contributed by atoms with Crippen molar-refractivity contribution in [3.8, 4) is 11.1 Å². The van der Waals surface area contributed by atoms with E-state index in [9.17, 15) is 27.2 Å². The largest absolute Gasteiger partial charge is 0.407 e. The lowest BCUT2D eigenvalue weighted by molar-refractivity contribution is -0.136. The Balaban J connectivity index is 2.76. The second-order valence-electron chi connectivity index (χ2n) is 5.26. The highest BCUT2D eigenvalue weighted by Gasteiger charge is 2.34. The van der Waals surface area contributed by atoms with E-state index in [2.05, 4.69) is 10.2 Å². The van der Waals surface area contributed by atoms with Crippen LogP contribution in [0.5, 0.6) is 0 Å². The summed E-state index contributed by atoms with van der Waals surface area (Å²) in [5, 5.41) is 2.18. The van der Waals surface area contributed by atoms with Crippen molar-refractivity contribution in [2.24, 2.45) is 5.73 Å². The van der Waals surface area contributed by atoms with E-state index in [-0.39, 0.29) is 22.4 Å². The smallest absolute Gasteiger partial charge is 0.366 e. The second-order valence-corrected chi connectivity index (χ2v) is 5.26. The van der Waals surface area contributed by atoms with E-state index in [0.29, 0.717) is 6.07 Å². The van der Waals surface area contributed by atoms with Crippen molar-refractivity contribution in [2.75, 3.05) is 5.32 Å². The number of hydrogen-bond acceptors (Lipinski definition) is 2. The quantitative estimate of drug-likeness (QED) is 0.634. The molecule has 5 nitrogen and oxygen atoms in total. The summed E-state index contributed by atoms with van der Waals surface area (Å²) >= 11 is 0. The summed E-state index contributed by atoms with van der Waals surface area (Å²) in [7, 11) is 0. The number of alkyl halides is 3. The number of nitrogens with two attached hydrogens (primary N) is 1. The van der Waals surface area contributed by atoms with Crippen LogP contribution < -0.4 is 11.1 Å². The van der Waals surface area contributed by atoms with E-state index in [4.69, 9.17) is 12.3 Å². The summed E-state index contributed by atoms with van der Waals surface area (Å²) < 4.78 is 53.5. The molecule has 0 fully saturated rings. The molecule has 0 aliphatic rings. The molecule has 0 aliphatic heterocycles. The van der Waals surface area contributed by atoms with Gasteiger partial charge >= 0.3 is 6.18 Å². The molecule has 9 heteroatoms. The molecule has 2 aromatic rings. The van der Waals surface area contributed by atoms with E-state index in [0.717, 1.165) is 25.1 Å². The van der Waals surface area contributed by atoms with Gasteiger partial charge < -0.3 is 11.1 Å². The molecule has 26 heavy (non-hydrogen) atoms. The van der Waals surface area contributed by atoms with Crippen LogP contribution in [0.1, 0.15) is 22.8 Å². The van der Waals surface area contributed by atoms with Crippen molar-refractivity contribution in [1.82, 2.24) is 0 Å². The van der Waals surface area contributed by atoms with Crippen LogP contribution in [-0.2, 0) is 11.0 Å². The second kappa shape index (κ2) is 6.84. The number of carbonyl (C=O) groups is 2. The predicted octanol–water partition coefficient (Wildman–Crippen LogP) is 4.12. The molecule has 0 bridgehead atoms. The van der Waals surface area contributed by atoms with Crippen LogP contribution in [0.3, 0.4) is 0 Å². The van der Waals surface area contributed by atoms with E-state index in [1.54, 1.807) is 0 Å². The Morgan fingerprint density at radius 3 is 2.35 bits per heavy atom. The highest BCUT2D eigenvalue weighted by molar-refractivity contribution is 6.01. The van der Waals surface area contributed by atoms with Crippen LogP contribution in [0.15, 0.2) is 30.3 Å². The van der Waals surface area contributed by atoms with Crippen molar-refractivity contribution in [1.29, 1.82) is 0 Å². The van der Waals surface area contributed by atoms with Gasteiger partial charge in [-0.1, -0.05) is 18.2 Å². The van der Waals surface area contributed by atoms with Crippen LogP contribution in [0.4, 0.5) is 28.9 Å². The molecule has 0 spiro atoms. The summed E-state index contributed by atoms with van der Waals surface area (Å²) in [5.74, 6) is -2.64. The van der Waals surface area contributed by atoms with E-state index < -0.39 is 35.1 Å². The van der Waals surface area contributed by atoms with Crippen LogP contribution >= 0.6 is 0 Å². The zero-order valence-electron chi connectivity index (χ0n) is 13.2. The number of anilines is 1. The molecule has 0 saturated heterocycles. The normalized spacial score (nSPS) is 10.9. The molecule has 0 atom stereocenters. The molecule has 0 aromatic heterocycles. The fourth-order valence-corrected chi connectivity index (χ4v) is 2.33. The van der Waals surface area contributed by atoms with Gasteiger partial charge in [-0.15, -0.1) is 0 Å². The van der Waals surface area contributed by atoms with Gasteiger partial charge in [-0.05, 0) is 23.3 Å². The first-order chi connectivity index (χ1) is 12.0. The van der Waals surface area contributed by atoms with Crippen molar-refractivity contribution < 1.29 is 27.2 Å². The van der Waals surface area contributed by atoms with Gasteiger partial charge in [0.2, 0.25) is 11.8 Å². The fourth-order valence-electron chi connectivity index (χ4n) is 2.33. The standard InChI is InChI=1S/C17H11F4N3O2/c1-8(25)24-15-7-10(11(16(22)26)6-13(15)18)9-3-4-14(23-2)12(5-9)17(19,20)21/h3-7H,1H3,(H2,22,26)(H,24,25). The summed E-state index contributed by atoms with van der Waals surface area (Å²) in [5.41, 5.74) is 2.47. The number of halogens is 4. The molecular weight excluding hydrogens is 354 g/mol. The Bertz CT molecular complexity index is 946. The summed E-state index contributed by atoms with van der Waals surface area (Å²) in [6.45, 7) is 7.96. The zero-order chi connectivity index (χ0) is 19.6. The zero-order valence-corrected chi connectivity index (χ0v) is 13.2. The van der Waals surface area contributed by atoms with E-state index in [1.807, 2.05) is 0 Å². The lowest BCUT2D eigenvalue weighted by atomic mass is 9.96. The van der Waals surface area contributed by atoms with Crippen molar-refractivity contribution in [3.05, 3.63) is 58.7 Å². The van der Waals surface area contributed by atoms with Gasteiger partial charge in [-0.2, -0.15) is 13.2 Å². The Kier molecular flexibility index (Phi) is 4.98. The topological polar surface area (TPSA) is 76.6 Å². The number of nitrogens with zero attached hydrogens (tertiary/aromatic N) is 1. The van der Waals surface area contributed by atoms with Gasteiger partial charge in [0.05, 0.1) is 17.8 Å². The number of nitrogens with one attached hydrogen (secondary N) is 1. The Morgan fingerprint density at radius 1 is 1.19 bits per heavy atom. The maximum atomic E-state index is 14.0. The van der Waals surface area contributed by atoms with Gasteiger partial charge in [0.15, 0.2) is 5.69 Å². The van der Waals surface area contributed by atoms with Gasteiger partial charge in [0.25, 0.3) is 0 Å². The van der Waals surface area contributed by atoms with Crippen LogP contribution in [0, 0.1) is 12.4 Å². The minimum absolute atomic E-state index is 0.106. The van der Waals surface area contributed by atoms with Crippen molar-refractivity contribution >= 4 is 23.2 Å². The van der Waals surface area contributed by atoms with Gasteiger partial charge in [0.1, 0.15) is 5.82 Å². The van der Waals surface area contributed by atoms with E-state index in [1.165, 1.54) is 6.07 Å². The SMILES string of the molecule is [C-]#[N+]c1ccc(-c2cc(NC(C)=O)c(F)cc2C(N)=O)cc1C(F)(F)F. The third-order valence-electron chi connectivity index (χ3n) is 3.42. The average molecular weight is 365 g/mol. The molecule has 134 valence electrons. The van der Waals surface area contributed by atoms with Gasteiger partial charge in [-0.3, -0.25) is 9.59 Å². The summed E-state index contributed by atoms with van der Waals surface area (Å²) in [4.78, 5) is 25.6. The fraction of sp³-hybridized carbons (Fsp3) is 0.118. The minimum atomic E-state index is -4.80. The maximum Gasteiger partial charge on any atom is 0.407 e. The van der Waals surface area contributed by atoms with Gasteiger partial charge in [0, 0.05) is 12.5 Å². The monoisotopic (exact) mass is 365 g/mol. The highest BCUT2D eigenvalue weighted by atomic mass is 19.4. The van der Waals surface area contributed by atoms with Crippen LogP contribution in [-0.4, -0.2) is 11.8 Å². The number of benzene rings is 2. The van der Waals surface area contributed by atoms with Crippen LogP contribution in [0.2, 0.25) is 0 Å². The Hall–Kier alpha value is -3.41. The van der Waals surface area contributed by atoms with Gasteiger partial charge in [-0.25, -0.2) is 9.24 Å².